The summed E-state index contributed by atoms with van der Waals surface area (Å²) in [5.41, 5.74) is 1.63. The quantitative estimate of drug-likeness (QED) is 0.552. The van der Waals surface area contributed by atoms with E-state index >= 15 is 0 Å². The first-order chi connectivity index (χ1) is 12.3. The molecule has 0 saturated carbocycles. The van der Waals surface area contributed by atoms with E-state index in [-0.39, 0.29) is 11.6 Å². The van der Waals surface area contributed by atoms with Gasteiger partial charge in [-0.1, -0.05) is 101 Å². The second kappa shape index (κ2) is 7.07. The van der Waals surface area contributed by atoms with Crippen LogP contribution in [0.2, 0.25) is 0 Å². The lowest BCUT2D eigenvalue weighted by atomic mass is 9.51. The van der Waals surface area contributed by atoms with Gasteiger partial charge in [-0.2, -0.15) is 0 Å². The van der Waals surface area contributed by atoms with Gasteiger partial charge in [-0.15, -0.1) is 0 Å². The van der Waals surface area contributed by atoms with Gasteiger partial charge in [0.25, 0.3) is 0 Å². The molecule has 2 rings (SSSR count). The zero-order valence-corrected chi connectivity index (χ0v) is 17.9. The number of aryl methyl sites for hydroxylation is 2. The van der Waals surface area contributed by atoms with Crippen molar-refractivity contribution in [3.63, 3.8) is 0 Å². The second-order valence-corrected chi connectivity index (χ2v) is 9.27. The van der Waals surface area contributed by atoms with Crippen molar-refractivity contribution in [3.05, 3.63) is 70.8 Å². The predicted octanol–water partition coefficient (Wildman–Crippen LogP) is 6.45. The highest BCUT2D eigenvalue weighted by atomic mass is 16.1. The van der Waals surface area contributed by atoms with Crippen molar-refractivity contribution in [1.82, 2.24) is 0 Å². The Morgan fingerprint density at radius 1 is 0.556 bits per heavy atom. The highest BCUT2D eigenvalue weighted by Gasteiger charge is 2.54. The monoisotopic (exact) mass is 364 g/mol. The summed E-state index contributed by atoms with van der Waals surface area (Å²) < 4.78 is 0. The zero-order valence-electron chi connectivity index (χ0n) is 17.9. The van der Waals surface area contributed by atoms with Crippen LogP contribution in [0.25, 0.3) is 0 Å². The van der Waals surface area contributed by atoms with E-state index in [0.29, 0.717) is 11.1 Å². The van der Waals surface area contributed by atoms with E-state index in [9.17, 15) is 9.59 Å². The van der Waals surface area contributed by atoms with Gasteiger partial charge >= 0.3 is 0 Å². The van der Waals surface area contributed by atoms with Crippen LogP contribution in [-0.4, -0.2) is 11.6 Å². The average molecular weight is 365 g/mol. The molecule has 2 nitrogen and oxygen atoms in total. The Morgan fingerprint density at radius 2 is 0.815 bits per heavy atom. The molecular formula is C25H32O2. The minimum Gasteiger partial charge on any atom is -0.294 e. The molecule has 2 heteroatoms. The summed E-state index contributed by atoms with van der Waals surface area (Å²) in [5, 5.41) is 0. The molecule has 0 saturated heterocycles. The van der Waals surface area contributed by atoms with E-state index in [2.05, 4.69) is 0 Å². The first-order valence-electron chi connectivity index (χ1n) is 9.55. The maximum absolute atomic E-state index is 13.4. The van der Waals surface area contributed by atoms with Crippen LogP contribution in [0.3, 0.4) is 0 Å². The van der Waals surface area contributed by atoms with Crippen LogP contribution in [-0.2, 0) is 0 Å². The van der Waals surface area contributed by atoms with Crippen molar-refractivity contribution < 1.29 is 9.59 Å². The standard InChI is InChI=1S/C25H32O2/c1-17-9-13-19(14-10-17)21(26)23(3,4)25(7,8)24(5,6)22(27)20-15-11-18(2)12-16-20/h9-16H,1-8H3. The van der Waals surface area contributed by atoms with Gasteiger partial charge in [0.1, 0.15) is 0 Å². The summed E-state index contributed by atoms with van der Waals surface area (Å²) >= 11 is 0. The number of carbonyl (C=O) groups excluding carboxylic acids is 2. The molecule has 0 bridgehead atoms. The highest BCUT2D eigenvalue weighted by Crippen LogP contribution is 2.53. The average Bonchev–Trinajstić information content (AvgIpc) is 2.61. The summed E-state index contributed by atoms with van der Waals surface area (Å²) in [5.74, 6) is 0.134. The molecule has 0 aliphatic carbocycles. The van der Waals surface area contributed by atoms with Crippen LogP contribution in [0.5, 0.6) is 0 Å². The van der Waals surface area contributed by atoms with Gasteiger partial charge < -0.3 is 0 Å². The number of benzene rings is 2. The minimum atomic E-state index is -0.716. The highest BCUT2D eigenvalue weighted by molar-refractivity contribution is 6.04. The zero-order chi connectivity index (χ0) is 20.6. The van der Waals surface area contributed by atoms with Gasteiger partial charge in [-0.05, 0) is 19.3 Å². The predicted molar refractivity (Wildman–Crippen MR) is 112 cm³/mol. The summed E-state index contributed by atoms with van der Waals surface area (Å²) in [7, 11) is 0. The molecule has 144 valence electrons. The number of carbonyl (C=O) groups is 2. The SMILES string of the molecule is Cc1ccc(C(=O)C(C)(C)C(C)(C)C(C)(C)C(=O)c2ccc(C)cc2)cc1. The second-order valence-electron chi connectivity index (χ2n) is 9.27. The lowest BCUT2D eigenvalue weighted by Crippen LogP contribution is -2.52. The third-order valence-corrected chi connectivity index (χ3v) is 6.89. The summed E-state index contributed by atoms with van der Waals surface area (Å²) in [6, 6.07) is 15.3. The molecule has 0 atom stereocenters. The Hall–Kier alpha value is -2.22. The first-order valence-corrected chi connectivity index (χ1v) is 9.55. The van der Waals surface area contributed by atoms with Crippen LogP contribution in [0.15, 0.2) is 48.5 Å². The van der Waals surface area contributed by atoms with E-state index in [1.807, 2.05) is 104 Å². The van der Waals surface area contributed by atoms with Crippen LogP contribution >= 0.6 is 0 Å². The molecule has 0 amide bonds. The molecule has 0 spiro atoms. The fourth-order valence-electron chi connectivity index (χ4n) is 3.48. The summed E-state index contributed by atoms with van der Waals surface area (Å²) in [6.07, 6.45) is 0. The van der Waals surface area contributed by atoms with Gasteiger partial charge in [-0.3, -0.25) is 9.59 Å². The Kier molecular flexibility index (Phi) is 5.52. The largest absolute Gasteiger partial charge is 0.294 e. The lowest BCUT2D eigenvalue weighted by Gasteiger charge is -2.50. The fraction of sp³-hybridized carbons (Fsp3) is 0.440. The van der Waals surface area contributed by atoms with Crippen LogP contribution in [0.1, 0.15) is 73.4 Å². The van der Waals surface area contributed by atoms with Gasteiger partial charge in [0, 0.05) is 22.0 Å². The van der Waals surface area contributed by atoms with Crippen molar-refractivity contribution in [3.8, 4) is 0 Å². The third kappa shape index (κ3) is 3.63. The normalized spacial score (nSPS) is 12.7. The van der Waals surface area contributed by atoms with Gasteiger partial charge in [0.15, 0.2) is 11.6 Å². The Labute approximate surface area is 164 Å². The molecule has 2 aromatic carbocycles. The third-order valence-electron chi connectivity index (χ3n) is 6.89. The number of Topliss-reactive ketones (excluding diaryl/α,β-unsaturated/α-hetero) is 2. The van der Waals surface area contributed by atoms with Crippen molar-refractivity contribution in [2.75, 3.05) is 0 Å². The molecule has 0 aliphatic rings. The lowest BCUT2D eigenvalue weighted by molar-refractivity contribution is 0.000684. The van der Waals surface area contributed by atoms with Gasteiger partial charge in [-0.25, -0.2) is 0 Å². The smallest absolute Gasteiger partial charge is 0.169 e. The van der Waals surface area contributed by atoms with Crippen LogP contribution in [0.4, 0.5) is 0 Å². The van der Waals surface area contributed by atoms with Crippen molar-refractivity contribution in [2.45, 2.75) is 55.4 Å². The van der Waals surface area contributed by atoms with E-state index in [0.717, 1.165) is 11.1 Å². The molecule has 0 aliphatic heterocycles. The summed E-state index contributed by atoms with van der Waals surface area (Å²) in [6.45, 7) is 15.9. The number of ketones is 2. The van der Waals surface area contributed by atoms with Crippen molar-refractivity contribution >= 4 is 11.6 Å². The molecule has 0 heterocycles. The van der Waals surface area contributed by atoms with E-state index in [1.54, 1.807) is 0 Å². The molecular weight excluding hydrogens is 332 g/mol. The van der Waals surface area contributed by atoms with Crippen molar-refractivity contribution in [1.29, 1.82) is 0 Å². The maximum Gasteiger partial charge on any atom is 0.169 e. The Morgan fingerprint density at radius 3 is 1.07 bits per heavy atom. The molecule has 0 fully saturated rings. The molecule has 0 unspecified atom stereocenters. The number of rotatable bonds is 6. The van der Waals surface area contributed by atoms with Gasteiger partial charge in [0.05, 0.1) is 0 Å². The van der Waals surface area contributed by atoms with Crippen molar-refractivity contribution in [2.24, 2.45) is 16.2 Å². The number of hydrogen-bond donors (Lipinski definition) is 0. The summed E-state index contributed by atoms with van der Waals surface area (Å²) in [4.78, 5) is 26.7. The maximum atomic E-state index is 13.4. The number of hydrogen-bond acceptors (Lipinski definition) is 2. The van der Waals surface area contributed by atoms with E-state index in [4.69, 9.17) is 0 Å². The Balaban J connectivity index is 2.43. The van der Waals surface area contributed by atoms with E-state index < -0.39 is 16.2 Å². The molecule has 27 heavy (non-hydrogen) atoms. The molecule has 0 N–H and O–H groups in total. The van der Waals surface area contributed by atoms with Gasteiger partial charge in [0.2, 0.25) is 0 Å². The molecule has 2 aromatic rings. The topological polar surface area (TPSA) is 34.1 Å². The first kappa shape index (κ1) is 21.1. The minimum absolute atomic E-state index is 0.0669. The molecule has 0 radical (unpaired) electrons. The van der Waals surface area contributed by atoms with Crippen LogP contribution in [0, 0.1) is 30.1 Å². The fourth-order valence-corrected chi connectivity index (χ4v) is 3.48. The van der Waals surface area contributed by atoms with Crippen LogP contribution < -0.4 is 0 Å². The van der Waals surface area contributed by atoms with E-state index in [1.165, 1.54) is 0 Å². The Bertz CT molecular complexity index is 763. The molecule has 0 aromatic heterocycles.